The SMILES string of the molecule is CC(N)Cc1c(Cl)cccc1SCC1CCCO1. The van der Waals surface area contributed by atoms with E-state index in [4.69, 9.17) is 22.1 Å². The monoisotopic (exact) mass is 285 g/mol. The Morgan fingerprint density at radius 1 is 1.56 bits per heavy atom. The minimum absolute atomic E-state index is 0.131. The van der Waals surface area contributed by atoms with Crippen molar-refractivity contribution in [3.05, 3.63) is 28.8 Å². The van der Waals surface area contributed by atoms with Crippen LogP contribution in [0.4, 0.5) is 0 Å². The third-order valence-electron chi connectivity index (χ3n) is 3.05. The first-order chi connectivity index (χ1) is 8.66. The van der Waals surface area contributed by atoms with Gasteiger partial charge in [-0.2, -0.15) is 0 Å². The van der Waals surface area contributed by atoms with Crippen molar-refractivity contribution in [1.29, 1.82) is 0 Å². The predicted molar refractivity (Wildman–Crippen MR) is 78.5 cm³/mol. The van der Waals surface area contributed by atoms with Crippen molar-refractivity contribution in [2.24, 2.45) is 5.73 Å². The molecule has 0 aliphatic carbocycles. The Bertz CT molecular complexity index is 391. The maximum Gasteiger partial charge on any atom is 0.0669 e. The Kier molecular flexibility index (Phi) is 5.37. The Hall–Kier alpha value is -0.220. The lowest BCUT2D eigenvalue weighted by Gasteiger charge is -2.15. The molecule has 0 aromatic heterocycles. The second-order valence-electron chi connectivity index (χ2n) is 4.84. The maximum absolute atomic E-state index is 6.27. The Labute approximate surface area is 118 Å². The zero-order chi connectivity index (χ0) is 13.0. The molecule has 0 radical (unpaired) electrons. The molecule has 4 heteroatoms. The zero-order valence-corrected chi connectivity index (χ0v) is 12.3. The molecule has 0 saturated carbocycles. The van der Waals surface area contributed by atoms with E-state index in [1.165, 1.54) is 23.3 Å². The fourth-order valence-electron chi connectivity index (χ4n) is 2.15. The highest BCUT2D eigenvalue weighted by molar-refractivity contribution is 7.99. The molecule has 0 bridgehead atoms. The van der Waals surface area contributed by atoms with Crippen molar-refractivity contribution in [3.8, 4) is 0 Å². The quantitative estimate of drug-likeness (QED) is 0.841. The summed E-state index contributed by atoms with van der Waals surface area (Å²) >= 11 is 8.10. The van der Waals surface area contributed by atoms with Gasteiger partial charge in [0.2, 0.25) is 0 Å². The highest BCUT2D eigenvalue weighted by Gasteiger charge is 2.17. The summed E-state index contributed by atoms with van der Waals surface area (Å²) in [6.45, 7) is 2.92. The first-order valence-corrected chi connectivity index (χ1v) is 7.80. The van der Waals surface area contributed by atoms with Gasteiger partial charge in [-0.25, -0.2) is 0 Å². The maximum atomic E-state index is 6.27. The van der Waals surface area contributed by atoms with Crippen molar-refractivity contribution >= 4 is 23.4 Å². The highest BCUT2D eigenvalue weighted by atomic mass is 35.5. The molecule has 2 unspecified atom stereocenters. The van der Waals surface area contributed by atoms with E-state index in [-0.39, 0.29) is 6.04 Å². The smallest absolute Gasteiger partial charge is 0.0669 e. The van der Waals surface area contributed by atoms with Crippen molar-refractivity contribution in [2.75, 3.05) is 12.4 Å². The molecular weight excluding hydrogens is 266 g/mol. The van der Waals surface area contributed by atoms with Crippen molar-refractivity contribution in [2.45, 2.75) is 43.2 Å². The third-order valence-corrected chi connectivity index (χ3v) is 4.64. The molecule has 100 valence electrons. The molecule has 1 aliphatic heterocycles. The van der Waals surface area contributed by atoms with Crippen LogP contribution in [0.25, 0.3) is 0 Å². The summed E-state index contributed by atoms with van der Waals surface area (Å²) in [7, 11) is 0. The molecule has 2 rings (SSSR count). The second-order valence-corrected chi connectivity index (χ2v) is 6.31. The number of hydrogen-bond acceptors (Lipinski definition) is 3. The molecule has 1 heterocycles. The molecule has 0 spiro atoms. The average Bonchev–Trinajstić information content (AvgIpc) is 2.82. The van der Waals surface area contributed by atoms with E-state index in [9.17, 15) is 0 Å². The van der Waals surface area contributed by atoms with Crippen LogP contribution in [-0.4, -0.2) is 24.5 Å². The second kappa shape index (κ2) is 6.80. The fourth-order valence-corrected chi connectivity index (χ4v) is 3.63. The Morgan fingerprint density at radius 3 is 3.06 bits per heavy atom. The molecule has 2 nitrogen and oxygen atoms in total. The normalized spacial score (nSPS) is 21.2. The zero-order valence-electron chi connectivity index (χ0n) is 10.7. The molecule has 1 saturated heterocycles. The van der Waals surface area contributed by atoms with Gasteiger partial charge in [0.25, 0.3) is 0 Å². The van der Waals surface area contributed by atoms with Crippen LogP contribution >= 0.6 is 23.4 Å². The van der Waals surface area contributed by atoms with Crippen molar-refractivity contribution in [3.63, 3.8) is 0 Å². The van der Waals surface area contributed by atoms with Gasteiger partial charge in [0.1, 0.15) is 0 Å². The van der Waals surface area contributed by atoms with Gasteiger partial charge in [-0.3, -0.25) is 0 Å². The summed E-state index contributed by atoms with van der Waals surface area (Å²) in [6, 6.07) is 6.20. The molecule has 18 heavy (non-hydrogen) atoms. The molecule has 1 aromatic rings. The summed E-state index contributed by atoms with van der Waals surface area (Å²) in [5.41, 5.74) is 7.07. The Morgan fingerprint density at radius 2 is 2.39 bits per heavy atom. The van der Waals surface area contributed by atoms with Gasteiger partial charge in [0, 0.05) is 28.3 Å². The number of ether oxygens (including phenoxy) is 1. The van der Waals surface area contributed by atoms with E-state index in [1.807, 2.05) is 30.8 Å². The van der Waals surface area contributed by atoms with Crippen LogP contribution in [0.1, 0.15) is 25.3 Å². The number of thioether (sulfide) groups is 1. The first-order valence-electron chi connectivity index (χ1n) is 6.44. The number of benzene rings is 1. The summed E-state index contributed by atoms with van der Waals surface area (Å²) in [6.07, 6.45) is 3.59. The largest absolute Gasteiger partial charge is 0.377 e. The standard InChI is InChI=1S/C14H20ClNOS/c1-10(16)8-12-13(15)5-2-6-14(12)18-9-11-4-3-7-17-11/h2,5-6,10-11H,3-4,7-9,16H2,1H3. The van der Waals surface area contributed by atoms with Crippen LogP contribution in [0.5, 0.6) is 0 Å². The molecule has 1 aliphatic rings. The number of nitrogens with two attached hydrogens (primary N) is 1. The van der Waals surface area contributed by atoms with Gasteiger partial charge in [-0.15, -0.1) is 11.8 Å². The van der Waals surface area contributed by atoms with E-state index >= 15 is 0 Å². The van der Waals surface area contributed by atoms with E-state index in [0.717, 1.165) is 23.8 Å². The van der Waals surface area contributed by atoms with E-state index in [2.05, 4.69) is 6.07 Å². The third kappa shape index (κ3) is 3.89. The molecule has 2 N–H and O–H groups in total. The minimum Gasteiger partial charge on any atom is -0.377 e. The van der Waals surface area contributed by atoms with Crippen molar-refractivity contribution in [1.82, 2.24) is 0 Å². The first kappa shape index (κ1) is 14.2. The molecule has 0 amide bonds. The van der Waals surface area contributed by atoms with Crippen LogP contribution in [0.2, 0.25) is 5.02 Å². The predicted octanol–water partition coefficient (Wildman–Crippen LogP) is 3.50. The topological polar surface area (TPSA) is 35.2 Å². The van der Waals surface area contributed by atoms with Crippen LogP contribution in [0, 0.1) is 0 Å². The average molecular weight is 286 g/mol. The van der Waals surface area contributed by atoms with E-state index in [0.29, 0.717) is 6.10 Å². The number of hydrogen-bond donors (Lipinski definition) is 1. The lowest BCUT2D eigenvalue weighted by molar-refractivity contribution is 0.129. The summed E-state index contributed by atoms with van der Waals surface area (Å²) in [4.78, 5) is 1.25. The van der Waals surface area contributed by atoms with Gasteiger partial charge >= 0.3 is 0 Å². The van der Waals surface area contributed by atoms with Crippen LogP contribution < -0.4 is 5.73 Å². The summed E-state index contributed by atoms with van der Waals surface area (Å²) < 4.78 is 5.65. The summed E-state index contributed by atoms with van der Waals surface area (Å²) in [5.74, 6) is 1.01. The minimum atomic E-state index is 0.131. The lowest BCUT2D eigenvalue weighted by atomic mass is 10.1. The number of rotatable bonds is 5. The van der Waals surface area contributed by atoms with Crippen LogP contribution in [-0.2, 0) is 11.2 Å². The number of halogens is 1. The van der Waals surface area contributed by atoms with Gasteiger partial charge in [0.05, 0.1) is 6.10 Å². The molecule has 1 aromatic carbocycles. The summed E-state index contributed by atoms with van der Waals surface area (Å²) in [5, 5.41) is 0.824. The van der Waals surface area contributed by atoms with Gasteiger partial charge in [-0.05, 0) is 43.9 Å². The van der Waals surface area contributed by atoms with E-state index in [1.54, 1.807) is 0 Å². The lowest BCUT2D eigenvalue weighted by Crippen LogP contribution is -2.18. The molecule has 1 fully saturated rings. The molecular formula is C14H20ClNOS. The van der Waals surface area contributed by atoms with Gasteiger partial charge < -0.3 is 10.5 Å². The fraction of sp³-hybridized carbons (Fsp3) is 0.571. The highest BCUT2D eigenvalue weighted by Crippen LogP contribution is 2.31. The van der Waals surface area contributed by atoms with Crippen LogP contribution in [0.15, 0.2) is 23.1 Å². The van der Waals surface area contributed by atoms with Crippen LogP contribution in [0.3, 0.4) is 0 Å². The molecule has 2 atom stereocenters. The Balaban J connectivity index is 2.03. The van der Waals surface area contributed by atoms with E-state index < -0.39 is 0 Å². The van der Waals surface area contributed by atoms with Gasteiger partial charge in [-0.1, -0.05) is 17.7 Å². The van der Waals surface area contributed by atoms with Crippen molar-refractivity contribution < 1.29 is 4.74 Å². The van der Waals surface area contributed by atoms with Gasteiger partial charge in [0.15, 0.2) is 0 Å².